The molecule has 0 fully saturated rings. The van der Waals surface area contributed by atoms with Crippen molar-refractivity contribution in [2.24, 2.45) is 0 Å². The summed E-state index contributed by atoms with van der Waals surface area (Å²) in [5.74, 6) is 1.53. The second-order valence-electron chi connectivity index (χ2n) is 6.02. The average Bonchev–Trinajstić information content (AvgIpc) is 3.17. The summed E-state index contributed by atoms with van der Waals surface area (Å²) >= 11 is 1.50. The molecule has 2 heterocycles. The van der Waals surface area contributed by atoms with Crippen molar-refractivity contribution >= 4 is 11.8 Å². The van der Waals surface area contributed by atoms with E-state index in [1.165, 1.54) is 11.8 Å². The smallest absolute Gasteiger partial charge is 0.239 e. The Balaban J connectivity index is 1.88. The number of nitrogens with zero attached hydrogens (tertiary/aromatic N) is 6. The van der Waals surface area contributed by atoms with Crippen LogP contribution in [0.1, 0.15) is 54.8 Å². The van der Waals surface area contributed by atoms with E-state index < -0.39 is 0 Å². The van der Waals surface area contributed by atoms with Crippen molar-refractivity contribution in [3.8, 4) is 5.69 Å². The van der Waals surface area contributed by atoms with Crippen LogP contribution in [0.5, 0.6) is 0 Å². The Morgan fingerprint density at radius 1 is 1.12 bits per heavy atom. The van der Waals surface area contributed by atoms with Gasteiger partial charge in [-0.3, -0.25) is 0 Å². The molecule has 0 amide bonds. The number of tetrazole rings is 1. The van der Waals surface area contributed by atoms with E-state index in [0.717, 1.165) is 16.8 Å². The van der Waals surface area contributed by atoms with Gasteiger partial charge in [-0.05, 0) is 42.3 Å². The van der Waals surface area contributed by atoms with E-state index in [1.54, 1.807) is 4.68 Å². The van der Waals surface area contributed by atoms with E-state index in [9.17, 15) is 0 Å². The maximum atomic E-state index is 5.37. The van der Waals surface area contributed by atoms with Crippen LogP contribution in [0, 0.1) is 13.8 Å². The second-order valence-corrected chi connectivity index (χ2v) is 7.33. The van der Waals surface area contributed by atoms with Gasteiger partial charge in [0.1, 0.15) is 0 Å². The Hall–Kier alpha value is -2.22. The number of thioether (sulfide) groups is 1. The molecule has 3 aromatic rings. The lowest BCUT2D eigenvalue weighted by Crippen LogP contribution is -2.04. The zero-order valence-electron chi connectivity index (χ0n) is 14.4. The van der Waals surface area contributed by atoms with Gasteiger partial charge in [0.15, 0.2) is 5.82 Å². The normalized spacial score (nSPS) is 12.8. The summed E-state index contributed by atoms with van der Waals surface area (Å²) in [6.07, 6.45) is 0. The first-order chi connectivity index (χ1) is 11.5. The van der Waals surface area contributed by atoms with E-state index in [4.69, 9.17) is 4.52 Å². The molecule has 2 aromatic heterocycles. The Labute approximate surface area is 144 Å². The van der Waals surface area contributed by atoms with Gasteiger partial charge in [0.05, 0.1) is 10.9 Å². The number of rotatable bonds is 5. The molecule has 0 saturated heterocycles. The van der Waals surface area contributed by atoms with Crippen LogP contribution in [0.15, 0.2) is 27.9 Å². The summed E-state index contributed by atoms with van der Waals surface area (Å²) in [5, 5.41) is 16.8. The van der Waals surface area contributed by atoms with Gasteiger partial charge in [-0.25, -0.2) is 0 Å². The van der Waals surface area contributed by atoms with Crippen molar-refractivity contribution in [3.63, 3.8) is 0 Å². The third-order valence-electron chi connectivity index (χ3n) is 3.70. The fraction of sp³-hybridized carbons (Fsp3) is 0.438. The number of aromatic nitrogens is 6. The maximum absolute atomic E-state index is 5.37. The molecule has 0 saturated carbocycles. The van der Waals surface area contributed by atoms with E-state index in [2.05, 4.69) is 51.6 Å². The largest absolute Gasteiger partial charge is 0.338 e. The minimum atomic E-state index is -0.0425. The lowest BCUT2D eigenvalue weighted by Gasteiger charge is -2.11. The van der Waals surface area contributed by atoms with Crippen LogP contribution in [-0.4, -0.2) is 30.3 Å². The van der Waals surface area contributed by atoms with Crippen LogP contribution in [0.4, 0.5) is 0 Å². The lowest BCUT2D eigenvalue weighted by molar-refractivity contribution is 0.373. The highest BCUT2D eigenvalue weighted by atomic mass is 32.2. The van der Waals surface area contributed by atoms with Gasteiger partial charge in [0.2, 0.25) is 11.0 Å². The van der Waals surface area contributed by atoms with Crippen LogP contribution < -0.4 is 0 Å². The van der Waals surface area contributed by atoms with Gasteiger partial charge in [-0.1, -0.05) is 49.0 Å². The number of para-hydroxylation sites is 1. The molecule has 3 rings (SSSR count). The molecule has 1 unspecified atom stereocenters. The monoisotopic (exact) mass is 344 g/mol. The molecule has 0 aliphatic carbocycles. The summed E-state index contributed by atoms with van der Waals surface area (Å²) in [6.45, 7) is 10.2. The van der Waals surface area contributed by atoms with Gasteiger partial charge in [-0.15, -0.1) is 5.10 Å². The van der Waals surface area contributed by atoms with E-state index >= 15 is 0 Å². The van der Waals surface area contributed by atoms with Crippen molar-refractivity contribution in [3.05, 3.63) is 41.0 Å². The Morgan fingerprint density at radius 3 is 2.46 bits per heavy atom. The van der Waals surface area contributed by atoms with Gasteiger partial charge in [0.25, 0.3) is 0 Å². The predicted octanol–water partition coefficient (Wildman–Crippen LogP) is 3.64. The highest BCUT2D eigenvalue weighted by molar-refractivity contribution is 7.99. The lowest BCUT2D eigenvalue weighted by atomic mass is 10.1. The third kappa shape index (κ3) is 3.19. The van der Waals surface area contributed by atoms with Crippen LogP contribution in [0.25, 0.3) is 5.69 Å². The van der Waals surface area contributed by atoms with Crippen molar-refractivity contribution in [2.45, 2.75) is 50.9 Å². The van der Waals surface area contributed by atoms with Crippen molar-refractivity contribution in [2.75, 3.05) is 0 Å². The number of benzene rings is 1. The third-order valence-corrected chi connectivity index (χ3v) is 4.72. The number of hydrogen-bond donors (Lipinski definition) is 0. The molecule has 24 heavy (non-hydrogen) atoms. The van der Waals surface area contributed by atoms with Crippen LogP contribution in [0.2, 0.25) is 0 Å². The van der Waals surface area contributed by atoms with Crippen molar-refractivity contribution in [1.82, 2.24) is 30.3 Å². The summed E-state index contributed by atoms with van der Waals surface area (Å²) < 4.78 is 7.14. The molecule has 7 nitrogen and oxygen atoms in total. The van der Waals surface area contributed by atoms with Gasteiger partial charge in [-0.2, -0.15) is 9.67 Å². The molecule has 0 spiro atoms. The number of aryl methyl sites for hydroxylation is 2. The molecule has 1 aromatic carbocycles. The SMILES string of the molecule is Cc1cccc(C)c1-n1nnnc1SC(C)c1nc(C(C)C)no1. The topological polar surface area (TPSA) is 82.5 Å². The first-order valence-electron chi connectivity index (χ1n) is 7.82. The first kappa shape index (κ1) is 16.6. The fourth-order valence-corrected chi connectivity index (χ4v) is 3.21. The van der Waals surface area contributed by atoms with Crippen molar-refractivity contribution < 1.29 is 4.52 Å². The summed E-state index contributed by atoms with van der Waals surface area (Å²) in [4.78, 5) is 4.45. The molecular weight excluding hydrogens is 324 g/mol. The highest BCUT2D eigenvalue weighted by Crippen LogP contribution is 2.34. The Bertz CT molecular complexity index is 820. The summed E-state index contributed by atoms with van der Waals surface area (Å²) in [6, 6.07) is 6.13. The van der Waals surface area contributed by atoms with Gasteiger partial charge >= 0.3 is 0 Å². The average molecular weight is 344 g/mol. The molecular formula is C16H20N6OS. The van der Waals surface area contributed by atoms with E-state index in [0.29, 0.717) is 16.9 Å². The van der Waals surface area contributed by atoms with E-state index in [-0.39, 0.29) is 11.2 Å². The second kappa shape index (κ2) is 6.72. The maximum Gasteiger partial charge on any atom is 0.239 e. The minimum Gasteiger partial charge on any atom is -0.338 e. The van der Waals surface area contributed by atoms with Crippen molar-refractivity contribution in [1.29, 1.82) is 0 Å². The quantitative estimate of drug-likeness (QED) is 0.653. The molecule has 0 bridgehead atoms. The fourth-order valence-electron chi connectivity index (χ4n) is 2.39. The van der Waals surface area contributed by atoms with E-state index in [1.807, 2.05) is 26.8 Å². The number of hydrogen-bond acceptors (Lipinski definition) is 7. The summed E-state index contributed by atoms with van der Waals surface area (Å²) in [7, 11) is 0. The molecule has 126 valence electrons. The first-order valence-corrected chi connectivity index (χ1v) is 8.70. The minimum absolute atomic E-state index is 0.0425. The van der Waals surface area contributed by atoms with Gasteiger partial charge < -0.3 is 4.52 Å². The predicted molar refractivity (Wildman–Crippen MR) is 91.3 cm³/mol. The zero-order valence-corrected chi connectivity index (χ0v) is 15.2. The molecule has 0 aliphatic rings. The molecule has 0 aliphatic heterocycles. The van der Waals surface area contributed by atoms with Crippen LogP contribution in [-0.2, 0) is 0 Å². The highest BCUT2D eigenvalue weighted by Gasteiger charge is 2.21. The molecule has 0 N–H and O–H groups in total. The molecule has 1 atom stereocenters. The zero-order chi connectivity index (χ0) is 17.3. The van der Waals surface area contributed by atoms with Crippen LogP contribution >= 0.6 is 11.8 Å². The standard InChI is InChI=1S/C16H20N6OS/c1-9(2)14-17-15(23-19-14)12(5)24-16-18-20-21-22(16)13-10(3)7-6-8-11(13)4/h6-9,12H,1-5H3. The molecule has 0 radical (unpaired) electrons. The Morgan fingerprint density at radius 2 is 1.83 bits per heavy atom. The molecule has 8 heteroatoms. The Kier molecular flexibility index (Phi) is 4.66. The summed E-state index contributed by atoms with van der Waals surface area (Å²) in [5.41, 5.74) is 3.25. The van der Waals surface area contributed by atoms with Crippen LogP contribution in [0.3, 0.4) is 0 Å². The van der Waals surface area contributed by atoms with Gasteiger partial charge in [0, 0.05) is 5.92 Å².